The fourth-order valence-corrected chi connectivity index (χ4v) is 2.71. The molecule has 18 heavy (non-hydrogen) atoms. The van der Waals surface area contributed by atoms with Gasteiger partial charge < -0.3 is 10.6 Å². The summed E-state index contributed by atoms with van der Waals surface area (Å²) >= 11 is 0. The first kappa shape index (κ1) is 11.3. The highest BCUT2D eigenvalue weighted by Gasteiger charge is 2.27. The molecule has 2 aromatic carbocycles. The maximum absolute atomic E-state index is 3.65. The van der Waals surface area contributed by atoms with Gasteiger partial charge in [0.05, 0.1) is 6.04 Å². The van der Waals surface area contributed by atoms with E-state index in [1.165, 1.54) is 16.8 Å². The Morgan fingerprint density at radius 3 is 2.50 bits per heavy atom. The highest BCUT2D eigenvalue weighted by molar-refractivity contribution is 5.56. The van der Waals surface area contributed by atoms with E-state index in [0.717, 1.165) is 6.42 Å². The molecule has 0 saturated carbocycles. The molecule has 3 rings (SSSR count). The van der Waals surface area contributed by atoms with Crippen LogP contribution in [-0.2, 0) is 6.42 Å². The van der Waals surface area contributed by atoms with Crippen molar-refractivity contribution in [2.75, 3.05) is 12.4 Å². The molecule has 1 aliphatic rings. The van der Waals surface area contributed by atoms with Gasteiger partial charge in [-0.05, 0) is 30.7 Å². The lowest BCUT2D eigenvalue weighted by Gasteiger charge is -2.35. The molecule has 0 aromatic heterocycles. The molecular formula is C16H18N2. The van der Waals surface area contributed by atoms with Gasteiger partial charge in [0.2, 0.25) is 0 Å². The molecule has 0 amide bonds. The molecule has 2 heteroatoms. The van der Waals surface area contributed by atoms with Crippen LogP contribution in [0.4, 0.5) is 5.69 Å². The number of anilines is 1. The van der Waals surface area contributed by atoms with Gasteiger partial charge in [-0.2, -0.15) is 0 Å². The summed E-state index contributed by atoms with van der Waals surface area (Å²) in [6.45, 7) is 0. The van der Waals surface area contributed by atoms with E-state index < -0.39 is 0 Å². The van der Waals surface area contributed by atoms with Gasteiger partial charge in [0.1, 0.15) is 0 Å². The lowest BCUT2D eigenvalue weighted by molar-refractivity contribution is 0.478. The third-order valence-corrected chi connectivity index (χ3v) is 3.70. The van der Waals surface area contributed by atoms with Crippen molar-refractivity contribution in [3.63, 3.8) is 0 Å². The van der Waals surface area contributed by atoms with Crippen molar-refractivity contribution < 1.29 is 0 Å². The predicted molar refractivity (Wildman–Crippen MR) is 75.8 cm³/mol. The molecule has 0 saturated heterocycles. The quantitative estimate of drug-likeness (QED) is 0.840. The second-order valence-corrected chi connectivity index (χ2v) is 4.79. The van der Waals surface area contributed by atoms with Crippen LogP contribution in [0, 0.1) is 0 Å². The molecule has 2 nitrogen and oxygen atoms in total. The molecule has 0 bridgehead atoms. The summed E-state index contributed by atoms with van der Waals surface area (Å²) < 4.78 is 0. The molecule has 2 unspecified atom stereocenters. The topological polar surface area (TPSA) is 24.1 Å². The van der Waals surface area contributed by atoms with Crippen LogP contribution < -0.4 is 10.6 Å². The minimum atomic E-state index is 0.339. The molecule has 2 aromatic rings. The summed E-state index contributed by atoms with van der Waals surface area (Å²) in [4.78, 5) is 0. The van der Waals surface area contributed by atoms with Crippen LogP contribution in [0.3, 0.4) is 0 Å². The predicted octanol–water partition coefficient (Wildman–Crippen LogP) is 2.98. The molecule has 0 fully saturated rings. The van der Waals surface area contributed by atoms with Crippen LogP contribution in [0.5, 0.6) is 0 Å². The molecule has 1 heterocycles. The molecule has 92 valence electrons. The Morgan fingerprint density at radius 2 is 1.72 bits per heavy atom. The van der Waals surface area contributed by atoms with E-state index in [-0.39, 0.29) is 0 Å². The van der Waals surface area contributed by atoms with Crippen molar-refractivity contribution in [1.82, 2.24) is 5.32 Å². The fraction of sp³-hybridized carbons (Fsp3) is 0.250. The van der Waals surface area contributed by atoms with E-state index in [1.54, 1.807) is 0 Å². The monoisotopic (exact) mass is 238 g/mol. The maximum Gasteiger partial charge on any atom is 0.0670 e. The van der Waals surface area contributed by atoms with Gasteiger partial charge >= 0.3 is 0 Å². The number of fused-ring (bicyclic) bond motifs is 1. The van der Waals surface area contributed by atoms with Crippen molar-refractivity contribution in [2.45, 2.75) is 18.5 Å². The van der Waals surface area contributed by atoms with E-state index >= 15 is 0 Å². The SMILES string of the molecule is CNC1Cc2ccccc2NC1c1ccccc1. The Bertz CT molecular complexity index is 522. The number of hydrogen-bond acceptors (Lipinski definition) is 2. The van der Waals surface area contributed by atoms with Gasteiger partial charge in [0, 0.05) is 11.7 Å². The molecule has 0 spiro atoms. The second-order valence-electron chi connectivity index (χ2n) is 4.79. The molecule has 0 aliphatic carbocycles. The molecule has 2 N–H and O–H groups in total. The summed E-state index contributed by atoms with van der Waals surface area (Å²) in [5.74, 6) is 0. The summed E-state index contributed by atoms with van der Waals surface area (Å²) in [5.41, 5.74) is 3.99. The standard InChI is InChI=1S/C16H18N2/c1-17-15-11-13-9-5-6-10-14(13)18-16(15)12-7-3-2-4-8-12/h2-10,15-18H,11H2,1H3. The van der Waals surface area contributed by atoms with E-state index in [4.69, 9.17) is 0 Å². The number of para-hydroxylation sites is 1. The maximum atomic E-state index is 3.65. The number of likely N-dealkylation sites (N-methyl/N-ethyl adjacent to an activating group) is 1. The van der Waals surface area contributed by atoms with Crippen LogP contribution in [0.1, 0.15) is 17.2 Å². The minimum absolute atomic E-state index is 0.339. The molecule has 1 aliphatic heterocycles. The third kappa shape index (κ3) is 2.00. The number of benzene rings is 2. The van der Waals surface area contributed by atoms with Crippen LogP contribution >= 0.6 is 0 Å². The zero-order chi connectivity index (χ0) is 12.4. The van der Waals surface area contributed by atoms with E-state index in [9.17, 15) is 0 Å². The van der Waals surface area contributed by atoms with E-state index in [2.05, 4.69) is 65.2 Å². The highest BCUT2D eigenvalue weighted by atomic mass is 15.0. The summed E-state index contributed by atoms with van der Waals surface area (Å²) in [7, 11) is 2.04. The van der Waals surface area contributed by atoms with Gasteiger partial charge in [0.25, 0.3) is 0 Å². The normalized spacial score (nSPS) is 22.1. The van der Waals surface area contributed by atoms with Gasteiger partial charge in [-0.1, -0.05) is 48.5 Å². The third-order valence-electron chi connectivity index (χ3n) is 3.70. The zero-order valence-electron chi connectivity index (χ0n) is 10.6. The Hall–Kier alpha value is -1.80. The first-order valence-corrected chi connectivity index (χ1v) is 6.45. The number of rotatable bonds is 2. The Balaban J connectivity index is 1.96. The van der Waals surface area contributed by atoms with Crippen LogP contribution in [0.25, 0.3) is 0 Å². The smallest absolute Gasteiger partial charge is 0.0670 e. The van der Waals surface area contributed by atoms with Crippen LogP contribution in [-0.4, -0.2) is 13.1 Å². The number of hydrogen-bond donors (Lipinski definition) is 2. The average Bonchev–Trinajstić information content (AvgIpc) is 2.46. The fourth-order valence-electron chi connectivity index (χ4n) is 2.71. The van der Waals surface area contributed by atoms with E-state index in [1.807, 2.05) is 7.05 Å². The first-order chi connectivity index (χ1) is 8.88. The van der Waals surface area contributed by atoms with Crippen LogP contribution in [0.2, 0.25) is 0 Å². The summed E-state index contributed by atoms with van der Waals surface area (Å²) in [6, 6.07) is 20.0. The second kappa shape index (κ2) is 4.83. The van der Waals surface area contributed by atoms with Gasteiger partial charge in [-0.15, -0.1) is 0 Å². The van der Waals surface area contributed by atoms with Gasteiger partial charge in [-0.25, -0.2) is 0 Å². The van der Waals surface area contributed by atoms with Crippen molar-refractivity contribution in [2.24, 2.45) is 0 Å². The van der Waals surface area contributed by atoms with Crippen molar-refractivity contribution in [3.8, 4) is 0 Å². The van der Waals surface area contributed by atoms with E-state index in [0.29, 0.717) is 12.1 Å². The Labute approximate surface area is 108 Å². The van der Waals surface area contributed by atoms with Gasteiger partial charge in [0.15, 0.2) is 0 Å². The first-order valence-electron chi connectivity index (χ1n) is 6.45. The summed E-state index contributed by atoms with van der Waals surface area (Å²) in [5, 5.41) is 7.08. The molecule has 0 radical (unpaired) electrons. The van der Waals surface area contributed by atoms with Gasteiger partial charge in [-0.3, -0.25) is 0 Å². The molecule has 2 atom stereocenters. The highest BCUT2D eigenvalue weighted by Crippen LogP contribution is 2.32. The van der Waals surface area contributed by atoms with Crippen molar-refractivity contribution in [1.29, 1.82) is 0 Å². The average molecular weight is 238 g/mol. The lowest BCUT2D eigenvalue weighted by Crippen LogP contribution is -2.41. The molecular weight excluding hydrogens is 220 g/mol. The van der Waals surface area contributed by atoms with Crippen molar-refractivity contribution >= 4 is 5.69 Å². The lowest BCUT2D eigenvalue weighted by atomic mass is 9.89. The van der Waals surface area contributed by atoms with Crippen LogP contribution in [0.15, 0.2) is 54.6 Å². The summed E-state index contributed by atoms with van der Waals surface area (Å²) in [6.07, 6.45) is 1.07. The largest absolute Gasteiger partial charge is 0.376 e. The van der Waals surface area contributed by atoms with Crippen molar-refractivity contribution in [3.05, 3.63) is 65.7 Å². The minimum Gasteiger partial charge on any atom is -0.376 e. The number of nitrogens with one attached hydrogen (secondary N) is 2. The Morgan fingerprint density at radius 1 is 1.00 bits per heavy atom. The Kier molecular flexibility index (Phi) is 3.03. The zero-order valence-corrected chi connectivity index (χ0v) is 10.6.